The molecular formula is C26H27N2+. The van der Waals surface area contributed by atoms with Gasteiger partial charge in [-0.3, -0.25) is 0 Å². The third-order valence-corrected chi connectivity index (χ3v) is 5.28. The van der Waals surface area contributed by atoms with Crippen molar-refractivity contribution in [3.63, 3.8) is 0 Å². The van der Waals surface area contributed by atoms with Crippen LogP contribution in [0.25, 0.3) is 0 Å². The molecule has 0 amide bonds. The minimum atomic E-state index is 0.453. The van der Waals surface area contributed by atoms with E-state index in [-0.39, 0.29) is 0 Å². The molecule has 1 heterocycles. The van der Waals surface area contributed by atoms with E-state index >= 15 is 0 Å². The molecule has 2 nitrogen and oxygen atoms in total. The molecule has 0 unspecified atom stereocenters. The van der Waals surface area contributed by atoms with Gasteiger partial charge in [-0.25, -0.2) is 4.58 Å². The maximum Gasteiger partial charge on any atom is 0.331 e. The zero-order valence-electron chi connectivity index (χ0n) is 17.1. The zero-order chi connectivity index (χ0) is 19.7. The number of aryl methyl sites for hydroxylation is 2. The van der Waals surface area contributed by atoms with Crippen molar-refractivity contribution in [1.29, 1.82) is 0 Å². The predicted octanol–water partition coefficient (Wildman–Crippen LogP) is 6.02. The molecule has 0 atom stereocenters. The molecule has 3 aromatic rings. The van der Waals surface area contributed by atoms with Gasteiger partial charge in [-0.1, -0.05) is 79.6 Å². The van der Waals surface area contributed by atoms with Crippen LogP contribution in [0.4, 0.5) is 5.69 Å². The first kappa shape index (κ1) is 18.4. The van der Waals surface area contributed by atoms with Crippen molar-refractivity contribution in [2.45, 2.75) is 33.6 Å². The molecule has 0 spiro atoms. The highest BCUT2D eigenvalue weighted by Gasteiger charge is 2.32. The van der Waals surface area contributed by atoms with E-state index in [1.165, 1.54) is 33.5 Å². The monoisotopic (exact) mass is 367 g/mol. The Morgan fingerprint density at radius 1 is 0.786 bits per heavy atom. The number of amidine groups is 1. The molecule has 0 aromatic heterocycles. The Morgan fingerprint density at radius 2 is 1.50 bits per heavy atom. The number of nitrogens with zero attached hydrogens (tertiary/aromatic N) is 2. The molecule has 0 saturated carbocycles. The molecule has 1 aliphatic heterocycles. The van der Waals surface area contributed by atoms with Crippen molar-refractivity contribution in [2.24, 2.45) is 4.99 Å². The average Bonchev–Trinajstić information content (AvgIpc) is 3.14. The van der Waals surface area contributed by atoms with Gasteiger partial charge in [0, 0.05) is 11.1 Å². The van der Waals surface area contributed by atoms with E-state index in [4.69, 9.17) is 4.99 Å². The molecule has 4 rings (SSSR count). The van der Waals surface area contributed by atoms with Crippen molar-refractivity contribution in [3.8, 4) is 0 Å². The van der Waals surface area contributed by atoms with E-state index < -0.39 is 0 Å². The maximum atomic E-state index is 5.11. The smallest absolute Gasteiger partial charge is 0.215 e. The number of hydrogen-bond acceptors (Lipinski definition) is 1. The molecular weight excluding hydrogens is 340 g/mol. The quantitative estimate of drug-likeness (QED) is 0.501. The van der Waals surface area contributed by atoms with Crippen LogP contribution in [0.1, 0.15) is 47.6 Å². The zero-order valence-corrected chi connectivity index (χ0v) is 17.1. The lowest BCUT2D eigenvalue weighted by Crippen LogP contribution is -2.17. The van der Waals surface area contributed by atoms with Gasteiger partial charge in [0.25, 0.3) is 0 Å². The fourth-order valence-electron chi connectivity index (χ4n) is 3.82. The standard InChI is InChI=1S/C26H27N2/c1-18(2)23-16-20(4)13-14-25(23)28-17-24(21-10-6-5-7-11-21)27-26(28)22-12-8-9-19(3)15-22/h5-16,18H,17H2,1-4H3/q+1. The number of aliphatic imine (C=N–C) groups is 1. The second-order valence-electron chi connectivity index (χ2n) is 7.92. The van der Waals surface area contributed by atoms with Crippen LogP contribution in [0.2, 0.25) is 0 Å². The SMILES string of the molecule is Cc1cccc(C2=[N+](c3ccc(C)cc3C(C)C)CC(c3ccccc3)=N2)c1. The summed E-state index contributed by atoms with van der Waals surface area (Å²) in [5, 5.41) is 0. The normalized spacial score (nSPS) is 14.0. The molecule has 0 saturated heterocycles. The molecule has 3 aromatic carbocycles. The van der Waals surface area contributed by atoms with Crippen molar-refractivity contribution >= 4 is 17.2 Å². The maximum absolute atomic E-state index is 5.11. The van der Waals surface area contributed by atoms with E-state index in [0.29, 0.717) is 5.92 Å². The lowest BCUT2D eigenvalue weighted by atomic mass is 9.98. The summed E-state index contributed by atoms with van der Waals surface area (Å²) in [6.45, 7) is 9.61. The highest BCUT2D eigenvalue weighted by molar-refractivity contribution is 6.14. The fourth-order valence-corrected chi connectivity index (χ4v) is 3.82. The molecule has 28 heavy (non-hydrogen) atoms. The first-order valence-corrected chi connectivity index (χ1v) is 9.98. The summed E-state index contributed by atoms with van der Waals surface area (Å²) in [4.78, 5) is 5.11. The topological polar surface area (TPSA) is 15.4 Å². The van der Waals surface area contributed by atoms with Gasteiger partial charge in [0.1, 0.15) is 5.69 Å². The molecule has 1 aliphatic rings. The first-order chi connectivity index (χ1) is 13.5. The Bertz CT molecular complexity index is 1070. The van der Waals surface area contributed by atoms with Crippen LogP contribution in [0, 0.1) is 13.8 Å². The van der Waals surface area contributed by atoms with Crippen LogP contribution in [0.5, 0.6) is 0 Å². The Balaban J connectivity index is 1.90. The molecule has 0 fully saturated rings. The van der Waals surface area contributed by atoms with E-state index in [9.17, 15) is 0 Å². The Morgan fingerprint density at radius 3 is 2.21 bits per heavy atom. The van der Waals surface area contributed by atoms with Crippen molar-refractivity contribution < 1.29 is 4.58 Å². The van der Waals surface area contributed by atoms with Crippen LogP contribution in [0.3, 0.4) is 0 Å². The molecule has 2 heteroatoms. The molecule has 140 valence electrons. The van der Waals surface area contributed by atoms with Crippen molar-refractivity contribution in [2.75, 3.05) is 6.54 Å². The second-order valence-corrected chi connectivity index (χ2v) is 7.92. The minimum Gasteiger partial charge on any atom is -0.215 e. The lowest BCUT2D eigenvalue weighted by molar-refractivity contribution is -0.419. The van der Waals surface area contributed by atoms with E-state index in [1.807, 2.05) is 0 Å². The summed E-state index contributed by atoms with van der Waals surface area (Å²) in [7, 11) is 0. The second kappa shape index (κ2) is 7.55. The lowest BCUT2D eigenvalue weighted by Gasteiger charge is -2.14. The first-order valence-electron chi connectivity index (χ1n) is 9.98. The summed E-state index contributed by atoms with van der Waals surface area (Å²) >= 11 is 0. The summed E-state index contributed by atoms with van der Waals surface area (Å²) < 4.78 is 2.38. The van der Waals surface area contributed by atoms with Gasteiger partial charge in [-0.2, -0.15) is 0 Å². The average molecular weight is 368 g/mol. The predicted molar refractivity (Wildman–Crippen MR) is 118 cm³/mol. The number of hydrogen-bond donors (Lipinski definition) is 0. The van der Waals surface area contributed by atoms with Gasteiger partial charge in [0.05, 0.1) is 5.56 Å². The van der Waals surface area contributed by atoms with Gasteiger partial charge in [0.2, 0.25) is 5.71 Å². The third kappa shape index (κ3) is 3.55. The minimum absolute atomic E-state index is 0.453. The van der Waals surface area contributed by atoms with Gasteiger partial charge in [-0.05, 0) is 43.0 Å². The van der Waals surface area contributed by atoms with Crippen LogP contribution in [-0.4, -0.2) is 22.7 Å². The van der Waals surface area contributed by atoms with E-state index in [2.05, 4.69) is 105 Å². The van der Waals surface area contributed by atoms with Crippen LogP contribution >= 0.6 is 0 Å². The summed E-state index contributed by atoms with van der Waals surface area (Å²) in [5.41, 5.74) is 8.65. The molecule has 0 bridgehead atoms. The summed E-state index contributed by atoms with van der Waals surface area (Å²) in [6, 6.07) is 25.9. The van der Waals surface area contributed by atoms with Gasteiger partial charge >= 0.3 is 5.84 Å². The van der Waals surface area contributed by atoms with Crippen molar-refractivity contribution in [1.82, 2.24) is 0 Å². The molecule has 0 aliphatic carbocycles. The van der Waals surface area contributed by atoms with E-state index in [1.54, 1.807) is 0 Å². The number of benzene rings is 3. The largest absolute Gasteiger partial charge is 0.331 e. The number of rotatable bonds is 4. The van der Waals surface area contributed by atoms with Gasteiger partial charge < -0.3 is 0 Å². The Hall–Kier alpha value is -3.00. The highest BCUT2D eigenvalue weighted by Crippen LogP contribution is 2.30. The Kier molecular flexibility index (Phi) is 4.95. The van der Waals surface area contributed by atoms with Crippen LogP contribution < -0.4 is 0 Å². The summed E-state index contributed by atoms with van der Waals surface area (Å²) in [5.74, 6) is 1.49. The molecule has 0 radical (unpaired) electrons. The van der Waals surface area contributed by atoms with E-state index in [0.717, 1.165) is 18.1 Å². The highest BCUT2D eigenvalue weighted by atomic mass is 15.1. The fraction of sp³-hybridized carbons (Fsp3) is 0.231. The third-order valence-electron chi connectivity index (χ3n) is 5.28. The van der Waals surface area contributed by atoms with Gasteiger partial charge in [0.15, 0.2) is 6.54 Å². The van der Waals surface area contributed by atoms with Crippen LogP contribution in [0.15, 0.2) is 77.8 Å². The molecule has 0 N–H and O–H groups in total. The van der Waals surface area contributed by atoms with Crippen LogP contribution in [-0.2, 0) is 0 Å². The van der Waals surface area contributed by atoms with Crippen molar-refractivity contribution in [3.05, 3.63) is 101 Å². The Labute approximate surface area is 167 Å². The summed E-state index contributed by atoms with van der Waals surface area (Å²) in [6.07, 6.45) is 0. The van der Waals surface area contributed by atoms with Gasteiger partial charge in [-0.15, -0.1) is 0 Å².